The van der Waals surface area contributed by atoms with Crippen molar-refractivity contribution in [3.63, 3.8) is 0 Å². The minimum Gasteiger partial charge on any atom is -0.395 e. The highest BCUT2D eigenvalue weighted by Crippen LogP contribution is 2.12. The van der Waals surface area contributed by atoms with Gasteiger partial charge in [0.25, 0.3) is 0 Å². The van der Waals surface area contributed by atoms with Crippen LogP contribution >= 0.6 is 0 Å². The van der Waals surface area contributed by atoms with Gasteiger partial charge in [-0.1, -0.05) is 48.9 Å². The van der Waals surface area contributed by atoms with E-state index in [-0.39, 0.29) is 6.61 Å². The molecule has 3 heteroatoms. The minimum absolute atomic E-state index is 0.281. The van der Waals surface area contributed by atoms with Crippen LogP contribution in [-0.2, 0) is 0 Å². The molecule has 0 aliphatic carbocycles. The van der Waals surface area contributed by atoms with E-state index in [2.05, 4.69) is 60.1 Å². The molecule has 0 spiro atoms. The van der Waals surface area contributed by atoms with Crippen molar-refractivity contribution in [2.24, 2.45) is 0 Å². The van der Waals surface area contributed by atoms with Gasteiger partial charge in [-0.05, 0) is 18.9 Å². The van der Waals surface area contributed by atoms with Gasteiger partial charge in [-0.2, -0.15) is 0 Å². The Morgan fingerprint density at radius 1 is 1.19 bits per heavy atom. The first-order chi connectivity index (χ1) is 10.2. The molecule has 1 saturated heterocycles. The smallest absolute Gasteiger partial charge is 0.0586 e. The number of aliphatic hydroxyl groups excluding tert-OH is 1. The van der Waals surface area contributed by atoms with Crippen molar-refractivity contribution in [3.8, 4) is 0 Å². The summed E-state index contributed by atoms with van der Waals surface area (Å²) in [4.78, 5) is 4.93. The summed E-state index contributed by atoms with van der Waals surface area (Å²) < 4.78 is 0. The summed E-state index contributed by atoms with van der Waals surface area (Å²) in [6.07, 6.45) is 3.30. The summed E-state index contributed by atoms with van der Waals surface area (Å²) in [7, 11) is 0. The summed E-state index contributed by atoms with van der Waals surface area (Å²) in [5.41, 5.74) is 2.68. The second kappa shape index (κ2) is 8.32. The van der Waals surface area contributed by atoms with Crippen LogP contribution in [-0.4, -0.2) is 60.3 Å². The summed E-state index contributed by atoms with van der Waals surface area (Å²) >= 11 is 0. The lowest BCUT2D eigenvalue weighted by atomic mass is 10.1. The number of piperazine rings is 1. The quantitative estimate of drug-likeness (QED) is 0.871. The maximum atomic E-state index is 9.39. The number of aliphatic hydroxyl groups is 1. The van der Waals surface area contributed by atoms with Crippen LogP contribution in [0.3, 0.4) is 0 Å². The first-order valence-electron chi connectivity index (χ1n) is 8.02. The molecule has 1 aromatic rings. The molecular formula is C18H28N2O. The van der Waals surface area contributed by atoms with E-state index in [1.165, 1.54) is 11.1 Å². The maximum Gasteiger partial charge on any atom is 0.0586 e. The second-order valence-electron chi connectivity index (χ2n) is 5.96. The van der Waals surface area contributed by atoms with Crippen molar-refractivity contribution in [1.82, 2.24) is 9.80 Å². The van der Waals surface area contributed by atoms with Crippen LogP contribution in [0.5, 0.6) is 0 Å². The van der Waals surface area contributed by atoms with Gasteiger partial charge in [0.1, 0.15) is 0 Å². The predicted octanol–water partition coefficient (Wildman–Crippen LogP) is 2.48. The van der Waals surface area contributed by atoms with Crippen LogP contribution in [0.2, 0.25) is 0 Å². The van der Waals surface area contributed by atoms with Gasteiger partial charge in [-0.25, -0.2) is 0 Å². The van der Waals surface area contributed by atoms with Crippen LogP contribution in [0.4, 0.5) is 0 Å². The Balaban J connectivity index is 1.82. The zero-order chi connectivity index (χ0) is 15.1. The van der Waals surface area contributed by atoms with E-state index in [1.807, 2.05) is 0 Å². The molecule has 1 heterocycles. The zero-order valence-electron chi connectivity index (χ0n) is 13.3. The lowest BCUT2D eigenvalue weighted by Gasteiger charge is -2.38. The van der Waals surface area contributed by atoms with Gasteiger partial charge in [-0.15, -0.1) is 0 Å². The van der Waals surface area contributed by atoms with E-state index >= 15 is 0 Å². The monoisotopic (exact) mass is 288 g/mol. The number of benzene rings is 1. The molecule has 0 saturated carbocycles. The van der Waals surface area contributed by atoms with Crippen molar-refractivity contribution < 1.29 is 5.11 Å². The summed E-state index contributed by atoms with van der Waals surface area (Å²) in [5, 5.41) is 9.39. The topological polar surface area (TPSA) is 26.7 Å². The predicted molar refractivity (Wildman–Crippen MR) is 89.3 cm³/mol. The number of hydrogen-bond acceptors (Lipinski definition) is 3. The van der Waals surface area contributed by atoms with Gasteiger partial charge < -0.3 is 5.11 Å². The van der Waals surface area contributed by atoms with E-state index in [9.17, 15) is 5.11 Å². The minimum atomic E-state index is 0.281. The Kier molecular flexibility index (Phi) is 6.43. The summed E-state index contributed by atoms with van der Waals surface area (Å²) in [6, 6.07) is 10.9. The molecular weight excluding hydrogens is 260 g/mol. The Morgan fingerprint density at radius 2 is 1.86 bits per heavy atom. The third kappa shape index (κ3) is 4.95. The van der Waals surface area contributed by atoms with E-state index in [0.717, 1.165) is 39.1 Å². The average molecular weight is 288 g/mol. The molecule has 21 heavy (non-hydrogen) atoms. The molecule has 2 rings (SSSR count). The fourth-order valence-corrected chi connectivity index (χ4v) is 3.02. The molecule has 3 nitrogen and oxygen atoms in total. The van der Waals surface area contributed by atoms with Crippen LogP contribution in [0, 0.1) is 0 Å². The molecule has 0 amide bonds. The highest BCUT2D eigenvalue weighted by atomic mass is 16.3. The molecule has 0 aromatic heterocycles. The van der Waals surface area contributed by atoms with Crippen molar-refractivity contribution in [2.45, 2.75) is 26.3 Å². The van der Waals surface area contributed by atoms with Crippen molar-refractivity contribution in [3.05, 3.63) is 41.5 Å². The molecule has 1 aliphatic heterocycles. The van der Waals surface area contributed by atoms with E-state index in [1.54, 1.807) is 0 Å². The first-order valence-corrected chi connectivity index (χ1v) is 8.02. The third-order valence-electron chi connectivity index (χ3n) is 4.29. The number of hydrogen-bond donors (Lipinski definition) is 1. The highest BCUT2D eigenvalue weighted by Gasteiger charge is 2.21. The van der Waals surface area contributed by atoms with E-state index < -0.39 is 0 Å². The first kappa shape index (κ1) is 16.2. The van der Waals surface area contributed by atoms with Crippen LogP contribution in [0.1, 0.15) is 25.8 Å². The van der Waals surface area contributed by atoms with Crippen LogP contribution in [0.25, 0.3) is 6.08 Å². The van der Waals surface area contributed by atoms with Gasteiger partial charge in [-0.3, -0.25) is 9.80 Å². The van der Waals surface area contributed by atoms with Crippen molar-refractivity contribution >= 4 is 6.08 Å². The highest BCUT2D eigenvalue weighted by molar-refractivity contribution is 5.52. The normalized spacial score (nSPS) is 19.7. The SMILES string of the molecule is CCC(CO)N1CCN(C/C(C)=C/c2ccccc2)CC1. The molecule has 1 aliphatic rings. The Labute approximate surface area is 128 Å². The molecule has 1 atom stereocenters. The van der Waals surface area contributed by atoms with Crippen molar-refractivity contribution in [2.75, 3.05) is 39.3 Å². The fourth-order valence-electron chi connectivity index (χ4n) is 3.02. The molecule has 1 N–H and O–H groups in total. The summed E-state index contributed by atoms with van der Waals surface area (Å²) in [5.74, 6) is 0. The molecule has 1 aromatic carbocycles. The van der Waals surface area contributed by atoms with Gasteiger partial charge in [0.05, 0.1) is 6.61 Å². The molecule has 1 unspecified atom stereocenters. The van der Waals surface area contributed by atoms with Gasteiger partial charge >= 0.3 is 0 Å². The van der Waals surface area contributed by atoms with Gasteiger partial charge in [0, 0.05) is 38.8 Å². The Hall–Kier alpha value is -1.16. The lowest BCUT2D eigenvalue weighted by molar-refractivity contribution is 0.0672. The largest absolute Gasteiger partial charge is 0.395 e. The standard InChI is InChI=1S/C18H28N2O/c1-3-18(15-21)20-11-9-19(10-12-20)14-16(2)13-17-7-5-4-6-8-17/h4-8,13,18,21H,3,9-12,14-15H2,1-2H3/b16-13+. The van der Waals surface area contributed by atoms with Crippen LogP contribution < -0.4 is 0 Å². The molecule has 1 fully saturated rings. The molecule has 0 radical (unpaired) electrons. The molecule has 116 valence electrons. The van der Waals surface area contributed by atoms with Crippen molar-refractivity contribution in [1.29, 1.82) is 0 Å². The summed E-state index contributed by atoms with van der Waals surface area (Å²) in [6.45, 7) is 10.0. The van der Waals surface area contributed by atoms with E-state index in [4.69, 9.17) is 0 Å². The maximum absolute atomic E-state index is 9.39. The van der Waals surface area contributed by atoms with E-state index in [0.29, 0.717) is 6.04 Å². The Morgan fingerprint density at radius 3 is 2.43 bits per heavy atom. The number of rotatable bonds is 6. The van der Waals surface area contributed by atoms with Crippen LogP contribution in [0.15, 0.2) is 35.9 Å². The lowest BCUT2D eigenvalue weighted by Crippen LogP contribution is -2.51. The fraction of sp³-hybridized carbons (Fsp3) is 0.556. The average Bonchev–Trinajstić information content (AvgIpc) is 2.51. The zero-order valence-corrected chi connectivity index (χ0v) is 13.3. The molecule has 0 bridgehead atoms. The third-order valence-corrected chi connectivity index (χ3v) is 4.29. The number of nitrogens with zero attached hydrogens (tertiary/aromatic N) is 2. The Bertz CT molecular complexity index is 432. The second-order valence-corrected chi connectivity index (χ2v) is 5.96. The van der Waals surface area contributed by atoms with Gasteiger partial charge in [0.15, 0.2) is 0 Å². The van der Waals surface area contributed by atoms with Gasteiger partial charge in [0.2, 0.25) is 0 Å².